The lowest BCUT2D eigenvalue weighted by Crippen LogP contribution is -1.86. The Morgan fingerprint density at radius 1 is 0.250 bits per heavy atom. The zero-order valence-electron chi connectivity index (χ0n) is 26.3. The van der Waals surface area contributed by atoms with Crippen LogP contribution in [-0.4, -0.2) is 0 Å². The van der Waals surface area contributed by atoms with Crippen LogP contribution in [0.3, 0.4) is 0 Å². The summed E-state index contributed by atoms with van der Waals surface area (Å²) in [6, 6.07) is 57.9. The van der Waals surface area contributed by atoms with Crippen molar-refractivity contribution in [2.24, 2.45) is 0 Å². The fraction of sp³-hybridized carbons (Fsp3) is 0. The number of hydrogen-bond acceptors (Lipinski definition) is 0. The Labute approximate surface area is 279 Å². The van der Waals surface area contributed by atoms with Gasteiger partial charge in [-0.1, -0.05) is 182 Å². The molecule has 0 heteroatoms. The first-order chi connectivity index (χ1) is 23.8. The minimum Gasteiger partial charge on any atom is -0.0610 e. The molecular weight excluding hydrogens is 577 g/mol. The molecule has 0 aromatic heterocycles. The molecule has 0 fully saturated rings. The fourth-order valence-corrected chi connectivity index (χ4v) is 7.75. The van der Waals surface area contributed by atoms with Crippen LogP contribution in [0.1, 0.15) is 22.3 Å². The molecule has 0 unspecified atom stereocenters. The normalized spacial score (nSPS) is 12.4. The summed E-state index contributed by atoms with van der Waals surface area (Å²) < 4.78 is 0. The van der Waals surface area contributed by atoms with E-state index in [-0.39, 0.29) is 0 Å². The van der Waals surface area contributed by atoms with Crippen molar-refractivity contribution in [3.8, 4) is 11.1 Å². The van der Waals surface area contributed by atoms with Crippen LogP contribution in [0.15, 0.2) is 158 Å². The largest absolute Gasteiger partial charge is 0.0610 e. The van der Waals surface area contributed by atoms with E-state index in [0.29, 0.717) is 0 Å². The van der Waals surface area contributed by atoms with Crippen LogP contribution in [0.2, 0.25) is 0 Å². The Morgan fingerprint density at radius 2 is 0.583 bits per heavy atom. The second-order valence-electron chi connectivity index (χ2n) is 12.9. The van der Waals surface area contributed by atoms with Crippen LogP contribution in [0.4, 0.5) is 0 Å². The Kier molecular flexibility index (Phi) is 5.98. The molecule has 0 heterocycles. The molecule has 222 valence electrons. The van der Waals surface area contributed by atoms with E-state index in [9.17, 15) is 0 Å². The lowest BCUT2D eigenvalue weighted by atomic mass is 9.91. The van der Waals surface area contributed by atoms with Gasteiger partial charge >= 0.3 is 0 Å². The van der Waals surface area contributed by atoms with Crippen molar-refractivity contribution in [2.45, 2.75) is 0 Å². The van der Waals surface area contributed by atoms with Crippen molar-refractivity contribution in [3.63, 3.8) is 0 Å². The third-order valence-electron chi connectivity index (χ3n) is 10.2. The standard InChI is InChI=1S/C48H30/c1-3-37-23-25-41-21-19-35(43-29-27-39(5-1)45(37)47(41)43)17-11-31-7-13-33(14-8-31)34-15-9-32(10-16-34)12-18-36-20-22-42-26-24-38-4-2-6-40-28-30-44(36)48(42)46(38)40/h1-30H/b17-11+,18-12+. The first-order valence-electron chi connectivity index (χ1n) is 16.7. The van der Waals surface area contributed by atoms with Crippen LogP contribution in [0, 0.1) is 0 Å². The molecule has 0 radical (unpaired) electrons. The van der Waals surface area contributed by atoms with E-state index in [1.807, 2.05) is 0 Å². The second kappa shape index (κ2) is 10.7. The van der Waals surface area contributed by atoms with E-state index in [1.54, 1.807) is 0 Å². The first kappa shape index (κ1) is 26.9. The van der Waals surface area contributed by atoms with Gasteiger partial charge in [-0.3, -0.25) is 0 Å². The van der Waals surface area contributed by atoms with Crippen LogP contribution < -0.4 is 0 Å². The molecule has 0 spiro atoms. The number of benzene rings is 10. The zero-order chi connectivity index (χ0) is 31.6. The molecule has 0 saturated carbocycles. The van der Waals surface area contributed by atoms with E-state index in [4.69, 9.17) is 0 Å². The van der Waals surface area contributed by atoms with Gasteiger partial charge in [0.1, 0.15) is 0 Å². The minimum absolute atomic E-state index is 1.19. The summed E-state index contributed by atoms with van der Waals surface area (Å²) in [5.74, 6) is 0. The summed E-state index contributed by atoms with van der Waals surface area (Å²) in [5, 5.41) is 15.8. The maximum absolute atomic E-state index is 2.28. The molecule has 10 rings (SSSR count). The molecule has 0 aliphatic carbocycles. The van der Waals surface area contributed by atoms with Crippen LogP contribution in [0.5, 0.6) is 0 Å². The summed E-state index contributed by atoms with van der Waals surface area (Å²) in [6.45, 7) is 0. The summed E-state index contributed by atoms with van der Waals surface area (Å²) in [7, 11) is 0. The molecular formula is C48H30. The third-order valence-corrected chi connectivity index (χ3v) is 10.2. The molecule has 0 aliphatic rings. The SMILES string of the molecule is C(=C\c1ccc2ccc3cccc4ccc1c2c34)/c1ccc(-c2ccc(/C=C/c3ccc4ccc5cccc6ccc3c4c56)cc2)cc1. The van der Waals surface area contributed by atoms with Crippen molar-refractivity contribution < 1.29 is 0 Å². The fourth-order valence-electron chi connectivity index (χ4n) is 7.75. The molecule has 0 aliphatic heterocycles. The molecule has 48 heavy (non-hydrogen) atoms. The van der Waals surface area contributed by atoms with Gasteiger partial charge in [0.05, 0.1) is 0 Å². The van der Waals surface area contributed by atoms with Gasteiger partial charge < -0.3 is 0 Å². The zero-order valence-corrected chi connectivity index (χ0v) is 26.3. The van der Waals surface area contributed by atoms with Crippen LogP contribution in [0.25, 0.3) is 100 Å². The molecule has 0 bridgehead atoms. The van der Waals surface area contributed by atoms with E-state index in [0.717, 1.165) is 0 Å². The van der Waals surface area contributed by atoms with Gasteiger partial charge in [0.2, 0.25) is 0 Å². The summed E-state index contributed by atoms with van der Waals surface area (Å²) in [5.41, 5.74) is 7.31. The molecule has 0 nitrogen and oxygen atoms in total. The molecule has 0 N–H and O–H groups in total. The maximum Gasteiger partial charge on any atom is -0.00208 e. The highest BCUT2D eigenvalue weighted by atomic mass is 14.1. The Balaban J connectivity index is 0.901. The highest BCUT2D eigenvalue weighted by Gasteiger charge is 2.11. The Morgan fingerprint density at radius 3 is 0.979 bits per heavy atom. The second-order valence-corrected chi connectivity index (χ2v) is 12.9. The lowest BCUT2D eigenvalue weighted by Gasteiger charge is -2.12. The van der Waals surface area contributed by atoms with E-state index in [1.165, 1.54) is 98.0 Å². The highest BCUT2D eigenvalue weighted by molar-refractivity contribution is 6.25. The van der Waals surface area contributed by atoms with Crippen molar-refractivity contribution >= 4 is 88.9 Å². The van der Waals surface area contributed by atoms with Gasteiger partial charge in [-0.15, -0.1) is 0 Å². The van der Waals surface area contributed by atoms with Gasteiger partial charge in [-0.25, -0.2) is 0 Å². The number of hydrogen-bond donors (Lipinski definition) is 0. The molecule has 0 amide bonds. The van der Waals surface area contributed by atoms with Crippen molar-refractivity contribution in [3.05, 3.63) is 180 Å². The maximum atomic E-state index is 2.28. The van der Waals surface area contributed by atoms with E-state index >= 15 is 0 Å². The van der Waals surface area contributed by atoms with Gasteiger partial charge in [-0.2, -0.15) is 0 Å². The summed E-state index contributed by atoms with van der Waals surface area (Å²) >= 11 is 0. The molecule has 10 aromatic rings. The van der Waals surface area contributed by atoms with Crippen LogP contribution >= 0.6 is 0 Å². The Bertz CT molecular complexity index is 2620. The topological polar surface area (TPSA) is 0 Å². The molecule has 0 atom stereocenters. The smallest absolute Gasteiger partial charge is 0.00208 e. The van der Waals surface area contributed by atoms with Crippen molar-refractivity contribution in [2.75, 3.05) is 0 Å². The number of rotatable bonds is 5. The third kappa shape index (κ3) is 4.31. The predicted octanol–water partition coefficient (Wildman–Crippen LogP) is 13.5. The average Bonchev–Trinajstić information content (AvgIpc) is 3.15. The monoisotopic (exact) mass is 606 g/mol. The van der Waals surface area contributed by atoms with E-state index < -0.39 is 0 Å². The minimum atomic E-state index is 1.19. The first-order valence-corrected chi connectivity index (χ1v) is 16.7. The summed E-state index contributed by atoms with van der Waals surface area (Å²) in [4.78, 5) is 0. The van der Waals surface area contributed by atoms with Crippen LogP contribution in [-0.2, 0) is 0 Å². The predicted molar refractivity (Wildman–Crippen MR) is 210 cm³/mol. The highest BCUT2D eigenvalue weighted by Crippen LogP contribution is 2.38. The van der Waals surface area contributed by atoms with Crippen molar-refractivity contribution in [1.29, 1.82) is 0 Å². The van der Waals surface area contributed by atoms with Gasteiger partial charge in [0.25, 0.3) is 0 Å². The molecule has 10 aromatic carbocycles. The lowest BCUT2D eigenvalue weighted by molar-refractivity contribution is 1.59. The Hall–Kier alpha value is -6.24. The van der Waals surface area contributed by atoms with Gasteiger partial charge in [0.15, 0.2) is 0 Å². The van der Waals surface area contributed by atoms with Gasteiger partial charge in [0, 0.05) is 0 Å². The van der Waals surface area contributed by atoms with Crippen molar-refractivity contribution in [1.82, 2.24) is 0 Å². The molecule has 0 saturated heterocycles. The van der Waals surface area contributed by atoms with E-state index in [2.05, 4.69) is 182 Å². The van der Waals surface area contributed by atoms with Gasteiger partial charge in [-0.05, 0) is 98.0 Å². The quantitative estimate of drug-likeness (QED) is 0.135. The average molecular weight is 607 g/mol. The summed E-state index contributed by atoms with van der Waals surface area (Å²) in [6.07, 6.45) is 8.96.